The lowest BCUT2D eigenvalue weighted by Crippen LogP contribution is -2.42. The normalized spacial score (nSPS) is 14.9. The molecule has 3 heterocycles. The molecule has 0 spiro atoms. The summed E-state index contributed by atoms with van der Waals surface area (Å²) >= 11 is 0. The van der Waals surface area contributed by atoms with E-state index in [0.717, 1.165) is 30.2 Å². The predicted molar refractivity (Wildman–Crippen MR) is 98.0 cm³/mol. The van der Waals surface area contributed by atoms with Crippen LogP contribution in [-0.4, -0.2) is 46.7 Å². The minimum Gasteiger partial charge on any atom is -0.467 e. The van der Waals surface area contributed by atoms with Crippen LogP contribution in [0.2, 0.25) is 0 Å². The average Bonchev–Trinajstić information content (AvgIpc) is 3.14. The van der Waals surface area contributed by atoms with Gasteiger partial charge in [-0.25, -0.2) is 14.8 Å². The van der Waals surface area contributed by atoms with E-state index in [-0.39, 0.29) is 12.1 Å². The second-order valence-electron chi connectivity index (χ2n) is 6.22. The number of anilines is 2. The zero-order valence-electron chi connectivity index (χ0n) is 15.2. The van der Waals surface area contributed by atoms with E-state index in [9.17, 15) is 4.79 Å². The van der Waals surface area contributed by atoms with Gasteiger partial charge in [-0.1, -0.05) is 0 Å². The van der Waals surface area contributed by atoms with Gasteiger partial charge in [-0.2, -0.15) is 0 Å². The molecule has 140 valence electrons. The fourth-order valence-corrected chi connectivity index (χ4v) is 2.95. The summed E-state index contributed by atoms with van der Waals surface area (Å²) < 4.78 is 10.4. The van der Waals surface area contributed by atoms with E-state index in [4.69, 9.17) is 9.15 Å². The third kappa shape index (κ3) is 4.87. The van der Waals surface area contributed by atoms with Crippen molar-refractivity contribution in [2.45, 2.75) is 39.3 Å². The number of carbonyl (C=O) groups excluding carboxylic acids is 1. The number of likely N-dealkylation sites (tertiary alicyclic amines) is 1. The number of nitrogens with one attached hydrogen (secondary N) is 2. The van der Waals surface area contributed by atoms with Crippen molar-refractivity contribution in [3.05, 3.63) is 36.0 Å². The lowest BCUT2D eigenvalue weighted by Gasteiger charge is -2.31. The SMILES string of the molecule is CCOC(=O)N1CCC(Nc2cc(NCc3ccco3)nc(C)n2)CC1. The Bertz CT molecular complexity index is 712. The summed E-state index contributed by atoms with van der Waals surface area (Å²) in [6, 6.07) is 5.94. The molecule has 0 aliphatic carbocycles. The number of amides is 1. The van der Waals surface area contributed by atoms with E-state index >= 15 is 0 Å². The molecule has 0 bridgehead atoms. The maximum atomic E-state index is 11.8. The van der Waals surface area contributed by atoms with Crippen LogP contribution in [-0.2, 0) is 11.3 Å². The Kier molecular flexibility index (Phi) is 5.93. The van der Waals surface area contributed by atoms with Crippen molar-refractivity contribution in [3.63, 3.8) is 0 Å². The van der Waals surface area contributed by atoms with Gasteiger partial charge < -0.3 is 24.7 Å². The van der Waals surface area contributed by atoms with Crippen molar-refractivity contribution >= 4 is 17.7 Å². The standard InChI is InChI=1S/C18H25N5O3/c1-3-25-18(24)23-8-6-14(7-9-23)22-17-11-16(20-13(2)21-17)19-12-15-5-4-10-26-15/h4-5,10-11,14H,3,6-9,12H2,1-2H3,(H2,19,20,21,22). The lowest BCUT2D eigenvalue weighted by molar-refractivity contribution is 0.0983. The first-order valence-corrected chi connectivity index (χ1v) is 8.94. The highest BCUT2D eigenvalue weighted by Gasteiger charge is 2.23. The number of ether oxygens (including phenoxy) is 1. The molecule has 1 saturated heterocycles. The van der Waals surface area contributed by atoms with Crippen molar-refractivity contribution < 1.29 is 13.9 Å². The Balaban J connectivity index is 1.54. The van der Waals surface area contributed by atoms with Gasteiger partial charge in [0.05, 0.1) is 19.4 Å². The molecule has 2 aromatic heterocycles. The number of nitrogens with zero attached hydrogens (tertiary/aromatic N) is 3. The lowest BCUT2D eigenvalue weighted by atomic mass is 10.1. The first-order valence-electron chi connectivity index (χ1n) is 8.94. The molecular formula is C18H25N5O3. The van der Waals surface area contributed by atoms with Crippen LogP contribution in [0.15, 0.2) is 28.9 Å². The molecule has 1 aliphatic heterocycles. The number of hydrogen-bond acceptors (Lipinski definition) is 7. The molecule has 0 unspecified atom stereocenters. The van der Waals surface area contributed by atoms with Crippen molar-refractivity contribution in [3.8, 4) is 0 Å². The van der Waals surface area contributed by atoms with Gasteiger partial charge in [0, 0.05) is 25.2 Å². The second-order valence-corrected chi connectivity index (χ2v) is 6.22. The highest BCUT2D eigenvalue weighted by molar-refractivity contribution is 5.67. The van der Waals surface area contributed by atoms with Gasteiger partial charge in [0.1, 0.15) is 23.2 Å². The molecule has 1 aliphatic rings. The first kappa shape index (κ1) is 18.0. The quantitative estimate of drug-likeness (QED) is 0.819. The van der Waals surface area contributed by atoms with Crippen molar-refractivity contribution in [2.24, 2.45) is 0 Å². The monoisotopic (exact) mass is 359 g/mol. The van der Waals surface area contributed by atoms with Crippen LogP contribution in [0.1, 0.15) is 31.4 Å². The summed E-state index contributed by atoms with van der Waals surface area (Å²) in [4.78, 5) is 22.4. The van der Waals surface area contributed by atoms with Gasteiger partial charge in [0.25, 0.3) is 0 Å². The Morgan fingerprint density at radius 1 is 1.35 bits per heavy atom. The first-order chi connectivity index (χ1) is 12.6. The minimum absolute atomic E-state index is 0.228. The highest BCUT2D eigenvalue weighted by Crippen LogP contribution is 2.18. The molecule has 26 heavy (non-hydrogen) atoms. The van der Waals surface area contributed by atoms with Gasteiger partial charge in [-0.3, -0.25) is 0 Å². The van der Waals surface area contributed by atoms with Crippen LogP contribution >= 0.6 is 0 Å². The smallest absolute Gasteiger partial charge is 0.409 e. The van der Waals surface area contributed by atoms with Crippen LogP contribution < -0.4 is 10.6 Å². The van der Waals surface area contributed by atoms with Gasteiger partial charge in [-0.15, -0.1) is 0 Å². The maximum Gasteiger partial charge on any atom is 0.409 e. The number of rotatable bonds is 6. The molecule has 8 heteroatoms. The zero-order valence-corrected chi connectivity index (χ0v) is 15.2. The number of furan rings is 1. The van der Waals surface area contributed by atoms with Crippen LogP contribution in [0.25, 0.3) is 0 Å². The fraction of sp³-hybridized carbons (Fsp3) is 0.500. The van der Waals surface area contributed by atoms with E-state index in [2.05, 4.69) is 20.6 Å². The average molecular weight is 359 g/mol. The Morgan fingerprint density at radius 2 is 2.12 bits per heavy atom. The largest absolute Gasteiger partial charge is 0.467 e. The molecular weight excluding hydrogens is 334 g/mol. The van der Waals surface area contributed by atoms with Crippen LogP contribution in [0, 0.1) is 6.92 Å². The number of aryl methyl sites for hydroxylation is 1. The van der Waals surface area contributed by atoms with Crippen LogP contribution in [0.5, 0.6) is 0 Å². The van der Waals surface area contributed by atoms with Crippen LogP contribution in [0.3, 0.4) is 0 Å². The van der Waals surface area contributed by atoms with Crippen molar-refractivity contribution in [1.82, 2.24) is 14.9 Å². The molecule has 2 N–H and O–H groups in total. The topological polar surface area (TPSA) is 92.5 Å². The van der Waals surface area contributed by atoms with Gasteiger partial charge in [-0.05, 0) is 38.8 Å². The maximum absolute atomic E-state index is 11.8. The molecule has 1 fully saturated rings. The van der Waals surface area contributed by atoms with E-state index in [1.807, 2.05) is 32.0 Å². The fourth-order valence-electron chi connectivity index (χ4n) is 2.95. The van der Waals surface area contributed by atoms with Crippen molar-refractivity contribution in [1.29, 1.82) is 0 Å². The second kappa shape index (κ2) is 8.55. The summed E-state index contributed by atoms with van der Waals surface area (Å²) in [6.07, 6.45) is 3.14. The van der Waals surface area contributed by atoms with Gasteiger partial charge in [0.15, 0.2) is 0 Å². The number of hydrogen-bond donors (Lipinski definition) is 2. The number of aromatic nitrogens is 2. The molecule has 3 rings (SSSR count). The highest BCUT2D eigenvalue weighted by atomic mass is 16.6. The number of piperidine rings is 1. The Labute approximate surface area is 153 Å². The third-order valence-electron chi connectivity index (χ3n) is 4.23. The summed E-state index contributed by atoms with van der Waals surface area (Å²) in [5.74, 6) is 3.08. The Hall–Kier alpha value is -2.77. The summed E-state index contributed by atoms with van der Waals surface area (Å²) in [5.41, 5.74) is 0. The van der Waals surface area contributed by atoms with E-state index in [1.165, 1.54) is 0 Å². The molecule has 0 saturated carbocycles. The van der Waals surface area contributed by atoms with E-state index in [1.54, 1.807) is 11.2 Å². The summed E-state index contributed by atoms with van der Waals surface area (Å²) in [5, 5.41) is 6.70. The van der Waals surface area contributed by atoms with Gasteiger partial charge >= 0.3 is 6.09 Å². The molecule has 0 radical (unpaired) electrons. The summed E-state index contributed by atoms with van der Waals surface area (Å²) in [7, 11) is 0. The molecule has 8 nitrogen and oxygen atoms in total. The molecule has 2 aromatic rings. The third-order valence-corrected chi connectivity index (χ3v) is 4.23. The van der Waals surface area contributed by atoms with Crippen molar-refractivity contribution in [2.75, 3.05) is 30.3 Å². The molecule has 0 atom stereocenters. The zero-order chi connectivity index (χ0) is 18.4. The summed E-state index contributed by atoms with van der Waals surface area (Å²) in [6.45, 7) is 6.04. The van der Waals surface area contributed by atoms with Gasteiger partial charge in [0.2, 0.25) is 0 Å². The van der Waals surface area contributed by atoms with E-state index < -0.39 is 0 Å². The Morgan fingerprint density at radius 3 is 2.81 bits per heavy atom. The molecule has 0 aromatic carbocycles. The predicted octanol–water partition coefficient (Wildman–Crippen LogP) is 3.02. The minimum atomic E-state index is -0.228. The number of carbonyl (C=O) groups is 1. The van der Waals surface area contributed by atoms with E-state index in [0.29, 0.717) is 32.1 Å². The molecule has 1 amide bonds. The van der Waals surface area contributed by atoms with Crippen LogP contribution in [0.4, 0.5) is 16.4 Å².